The van der Waals surface area contributed by atoms with E-state index in [-0.39, 0.29) is 10.6 Å². The van der Waals surface area contributed by atoms with Gasteiger partial charge >= 0.3 is 0 Å². The van der Waals surface area contributed by atoms with Gasteiger partial charge in [-0.3, -0.25) is 10.1 Å². The minimum absolute atomic E-state index is 0.159. The summed E-state index contributed by atoms with van der Waals surface area (Å²) in [5, 5.41) is 14.2. The maximum atomic E-state index is 10.9. The van der Waals surface area contributed by atoms with E-state index in [1.807, 2.05) is 30.3 Å². The van der Waals surface area contributed by atoms with Gasteiger partial charge < -0.3 is 10.1 Å². The van der Waals surface area contributed by atoms with E-state index in [0.717, 1.165) is 16.9 Å². The van der Waals surface area contributed by atoms with Crippen molar-refractivity contribution >= 4 is 5.69 Å². The van der Waals surface area contributed by atoms with Gasteiger partial charge in [-0.1, -0.05) is 30.3 Å². The number of nitro benzene ring substituents is 1. The molecule has 0 aliphatic carbocycles. The zero-order chi connectivity index (χ0) is 15.2. The lowest BCUT2D eigenvalue weighted by Crippen LogP contribution is -2.14. The lowest BCUT2D eigenvalue weighted by molar-refractivity contribution is -0.385. The monoisotopic (exact) mass is 286 g/mol. The van der Waals surface area contributed by atoms with E-state index in [4.69, 9.17) is 4.74 Å². The third kappa shape index (κ3) is 3.58. The Morgan fingerprint density at radius 1 is 1.10 bits per heavy atom. The van der Waals surface area contributed by atoms with Gasteiger partial charge in [-0.2, -0.15) is 0 Å². The highest BCUT2D eigenvalue weighted by atomic mass is 16.6. The van der Waals surface area contributed by atoms with Crippen LogP contribution in [0.1, 0.15) is 16.7 Å². The number of nitrogens with zero attached hydrogens (tertiary/aromatic N) is 1. The Kier molecular flexibility index (Phi) is 4.90. The third-order valence-corrected chi connectivity index (χ3v) is 3.44. The summed E-state index contributed by atoms with van der Waals surface area (Å²) in [5.41, 5.74) is 2.85. The van der Waals surface area contributed by atoms with Crippen molar-refractivity contribution in [3.05, 3.63) is 69.3 Å². The zero-order valence-corrected chi connectivity index (χ0v) is 12.1. The fourth-order valence-corrected chi connectivity index (χ4v) is 2.24. The van der Waals surface area contributed by atoms with Crippen molar-refractivity contribution in [2.75, 3.05) is 7.11 Å². The van der Waals surface area contributed by atoms with Crippen molar-refractivity contribution in [2.24, 2.45) is 0 Å². The maximum Gasteiger partial charge on any atom is 0.272 e. The Hall–Kier alpha value is -2.40. The summed E-state index contributed by atoms with van der Waals surface area (Å²) in [7, 11) is 1.64. The number of hydrogen-bond acceptors (Lipinski definition) is 4. The van der Waals surface area contributed by atoms with E-state index < -0.39 is 0 Å². The first kappa shape index (κ1) is 15.0. The van der Waals surface area contributed by atoms with Gasteiger partial charge in [0.1, 0.15) is 5.75 Å². The number of nitrogens with one attached hydrogen (secondary N) is 1. The molecule has 1 N–H and O–H groups in total. The van der Waals surface area contributed by atoms with E-state index >= 15 is 0 Å². The number of para-hydroxylation sites is 1. The minimum atomic E-state index is -0.348. The van der Waals surface area contributed by atoms with E-state index in [1.165, 1.54) is 6.07 Å². The van der Waals surface area contributed by atoms with Crippen molar-refractivity contribution in [1.29, 1.82) is 0 Å². The SMILES string of the molecule is COc1ccccc1CNCc1cccc([N+](=O)[O-])c1C. The van der Waals surface area contributed by atoms with E-state index in [1.54, 1.807) is 20.1 Å². The van der Waals surface area contributed by atoms with Gasteiger partial charge in [0.15, 0.2) is 0 Å². The number of hydrogen-bond donors (Lipinski definition) is 1. The fraction of sp³-hybridized carbons (Fsp3) is 0.250. The van der Waals surface area contributed by atoms with Crippen molar-refractivity contribution in [2.45, 2.75) is 20.0 Å². The molecule has 0 unspecified atom stereocenters. The maximum absolute atomic E-state index is 10.9. The first-order valence-electron chi connectivity index (χ1n) is 6.69. The molecule has 0 saturated heterocycles. The fourth-order valence-electron chi connectivity index (χ4n) is 2.24. The van der Waals surface area contributed by atoms with E-state index in [2.05, 4.69) is 5.32 Å². The Morgan fingerprint density at radius 3 is 2.48 bits per heavy atom. The lowest BCUT2D eigenvalue weighted by atomic mass is 10.1. The van der Waals surface area contributed by atoms with Crippen molar-refractivity contribution < 1.29 is 9.66 Å². The predicted molar refractivity (Wildman–Crippen MR) is 81.4 cm³/mol. The topological polar surface area (TPSA) is 64.4 Å². The van der Waals surface area contributed by atoms with Gasteiger partial charge in [-0.15, -0.1) is 0 Å². The summed E-state index contributed by atoms with van der Waals surface area (Å²) in [6, 6.07) is 12.9. The minimum Gasteiger partial charge on any atom is -0.496 e. The molecule has 5 heteroatoms. The molecular formula is C16H18N2O3. The molecule has 0 heterocycles. The van der Waals surface area contributed by atoms with Crippen LogP contribution in [0.2, 0.25) is 0 Å². The summed E-state index contributed by atoms with van der Waals surface area (Å²) in [6.07, 6.45) is 0. The number of nitro groups is 1. The molecule has 0 bridgehead atoms. The zero-order valence-electron chi connectivity index (χ0n) is 12.1. The molecule has 0 aliphatic rings. The molecule has 2 aromatic rings. The standard InChI is InChI=1S/C16H18N2O3/c1-12-13(7-5-8-15(12)18(19)20)10-17-11-14-6-3-4-9-16(14)21-2/h3-9,17H,10-11H2,1-2H3. The highest BCUT2D eigenvalue weighted by Crippen LogP contribution is 2.21. The molecule has 2 rings (SSSR count). The highest BCUT2D eigenvalue weighted by molar-refractivity contribution is 5.44. The van der Waals surface area contributed by atoms with Crippen LogP contribution in [-0.2, 0) is 13.1 Å². The van der Waals surface area contributed by atoms with Gasteiger partial charge in [0.2, 0.25) is 0 Å². The average Bonchev–Trinajstić information content (AvgIpc) is 2.49. The summed E-state index contributed by atoms with van der Waals surface area (Å²) >= 11 is 0. The molecule has 110 valence electrons. The van der Waals surface area contributed by atoms with Gasteiger partial charge in [0.25, 0.3) is 5.69 Å². The van der Waals surface area contributed by atoms with E-state index in [0.29, 0.717) is 18.7 Å². The van der Waals surface area contributed by atoms with Crippen LogP contribution in [0.25, 0.3) is 0 Å². The molecular weight excluding hydrogens is 268 g/mol. The summed E-state index contributed by atoms with van der Waals surface area (Å²) < 4.78 is 5.29. The summed E-state index contributed by atoms with van der Waals surface area (Å²) in [6.45, 7) is 3.00. The molecule has 0 amide bonds. The largest absolute Gasteiger partial charge is 0.496 e. The molecule has 2 aromatic carbocycles. The molecule has 21 heavy (non-hydrogen) atoms. The van der Waals surface area contributed by atoms with Gasteiger partial charge in [-0.05, 0) is 18.6 Å². The smallest absolute Gasteiger partial charge is 0.272 e. The molecule has 0 aliphatic heterocycles. The van der Waals surface area contributed by atoms with Crippen LogP contribution in [0.3, 0.4) is 0 Å². The quantitative estimate of drug-likeness (QED) is 0.654. The highest BCUT2D eigenvalue weighted by Gasteiger charge is 2.12. The number of rotatable bonds is 6. The molecule has 0 spiro atoms. The predicted octanol–water partition coefficient (Wildman–Crippen LogP) is 3.20. The second-order valence-electron chi connectivity index (χ2n) is 4.73. The van der Waals surface area contributed by atoms with Crippen molar-refractivity contribution in [3.63, 3.8) is 0 Å². The van der Waals surface area contributed by atoms with Crippen LogP contribution in [0, 0.1) is 17.0 Å². The molecule has 0 atom stereocenters. The molecule has 0 radical (unpaired) electrons. The normalized spacial score (nSPS) is 10.4. The third-order valence-electron chi connectivity index (χ3n) is 3.44. The second-order valence-corrected chi connectivity index (χ2v) is 4.73. The number of benzene rings is 2. The Bertz CT molecular complexity index is 641. The van der Waals surface area contributed by atoms with Crippen LogP contribution < -0.4 is 10.1 Å². The van der Waals surface area contributed by atoms with Gasteiger partial charge in [-0.25, -0.2) is 0 Å². The molecule has 0 fully saturated rings. The Labute approximate surface area is 123 Å². The number of methoxy groups -OCH3 is 1. The van der Waals surface area contributed by atoms with Gasteiger partial charge in [0, 0.05) is 30.3 Å². The van der Waals surface area contributed by atoms with Crippen LogP contribution in [0.15, 0.2) is 42.5 Å². The lowest BCUT2D eigenvalue weighted by Gasteiger charge is -2.10. The van der Waals surface area contributed by atoms with Crippen LogP contribution in [0.5, 0.6) is 5.75 Å². The average molecular weight is 286 g/mol. The first-order valence-corrected chi connectivity index (χ1v) is 6.69. The number of ether oxygens (including phenoxy) is 1. The van der Waals surface area contributed by atoms with Gasteiger partial charge in [0.05, 0.1) is 12.0 Å². The molecule has 0 saturated carbocycles. The molecule has 0 aromatic heterocycles. The first-order chi connectivity index (χ1) is 10.1. The summed E-state index contributed by atoms with van der Waals surface area (Å²) in [4.78, 5) is 10.6. The van der Waals surface area contributed by atoms with Crippen LogP contribution in [-0.4, -0.2) is 12.0 Å². The Balaban J connectivity index is 2.04. The van der Waals surface area contributed by atoms with Crippen molar-refractivity contribution in [1.82, 2.24) is 5.32 Å². The van der Waals surface area contributed by atoms with Crippen LogP contribution in [0.4, 0.5) is 5.69 Å². The molecule has 5 nitrogen and oxygen atoms in total. The van der Waals surface area contributed by atoms with Crippen molar-refractivity contribution in [3.8, 4) is 5.75 Å². The Morgan fingerprint density at radius 2 is 1.76 bits per heavy atom. The van der Waals surface area contributed by atoms with Crippen LogP contribution >= 0.6 is 0 Å². The van der Waals surface area contributed by atoms with E-state index in [9.17, 15) is 10.1 Å². The summed E-state index contributed by atoms with van der Waals surface area (Å²) in [5.74, 6) is 0.834. The second kappa shape index (κ2) is 6.85.